The van der Waals surface area contributed by atoms with Gasteiger partial charge in [-0.2, -0.15) is 5.26 Å². The van der Waals surface area contributed by atoms with E-state index in [1.165, 1.54) is 0 Å². The highest BCUT2D eigenvalue weighted by molar-refractivity contribution is 6.23. The van der Waals surface area contributed by atoms with Crippen molar-refractivity contribution >= 4 is 63.4 Å². The van der Waals surface area contributed by atoms with Crippen molar-refractivity contribution < 1.29 is 24.0 Å². The Morgan fingerprint density at radius 3 is 2.40 bits per heavy atom. The number of piperazine rings is 2. The summed E-state index contributed by atoms with van der Waals surface area (Å²) in [7, 11) is 0. The van der Waals surface area contributed by atoms with Crippen molar-refractivity contribution in [1.29, 1.82) is 5.26 Å². The van der Waals surface area contributed by atoms with Crippen LogP contribution >= 0.6 is 0 Å². The molecular formula is C44H47N11O5. The highest BCUT2D eigenvalue weighted by Crippen LogP contribution is 2.33. The van der Waals surface area contributed by atoms with Crippen molar-refractivity contribution in [3.05, 3.63) is 83.7 Å². The number of carbonyl (C=O) groups excluding carboxylic acids is 5. The molecule has 16 nitrogen and oxygen atoms in total. The second kappa shape index (κ2) is 16.2. The summed E-state index contributed by atoms with van der Waals surface area (Å²) in [6.07, 6.45) is 5.78. The largest absolute Gasteiger partial charge is 0.369 e. The van der Waals surface area contributed by atoms with Gasteiger partial charge in [0, 0.05) is 101 Å². The quantitative estimate of drug-likeness (QED) is 0.259. The molecule has 2 aromatic heterocycles. The zero-order valence-corrected chi connectivity index (χ0v) is 33.5. The number of piperidine rings is 2. The maximum Gasteiger partial charge on any atom is 0.322 e. The number of pyridine rings is 2. The smallest absolute Gasteiger partial charge is 0.322 e. The number of imide groups is 2. The third-order valence-corrected chi connectivity index (χ3v) is 12.7. The van der Waals surface area contributed by atoms with Crippen LogP contribution in [0.2, 0.25) is 0 Å². The molecule has 6 amide bonds. The summed E-state index contributed by atoms with van der Waals surface area (Å²) in [5, 5.41) is 15.8. The van der Waals surface area contributed by atoms with Gasteiger partial charge in [-0.1, -0.05) is 0 Å². The molecule has 1 unspecified atom stereocenters. The topological polar surface area (TPSA) is 178 Å². The molecule has 16 heteroatoms. The van der Waals surface area contributed by atoms with E-state index in [9.17, 15) is 29.2 Å². The fourth-order valence-corrected chi connectivity index (χ4v) is 9.40. The number of urea groups is 1. The monoisotopic (exact) mass is 809 g/mol. The SMILES string of the molecule is C[C@H]1CN(C(=O)Nc2ccc(N3CCC(CN4CCN(c5ccc6c(c5)C(=O)N(C5CCC(=O)NC5=O)C6=O)CC4)CC3)nc2)CCN1c1ccc(C#N)c2ncccc12. The first-order valence-corrected chi connectivity index (χ1v) is 20.8. The Morgan fingerprint density at radius 2 is 1.67 bits per heavy atom. The number of fused-ring (bicyclic) bond motifs is 2. The van der Waals surface area contributed by atoms with E-state index in [0.717, 1.165) is 86.1 Å². The Hall–Kier alpha value is -6.60. The van der Waals surface area contributed by atoms with E-state index in [2.05, 4.69) is 48.2 Å². The normalized spacial score (nSPS) is 21.6. The molecule has 4 fully saturated rings. The minimum atomic E-state index is -0.975. The number of nitriles is 1. The van der Waals surface area contributed by atoms with Crippen molar-refractivity contribution in [2.24, 2.45) is 5.92 Å². The standard InChI is InChI=1S/C44H47N11O5/c1-28-26-53(21-22-54(28)36-8-4-30(24-45)40-34(36)3-2-14-46-40)44(60)48-31-5-10-38(47-25-31)52-15-12-29(13-16-52)27-50-17-19-51(20-18-50)32-6-7-33-35(23-32)43(59)55(42(33)58)37-9-11-39(56)49-41(37)57/h2-8,10,14,23,25,28-29,37H,9,11-13,15-22,26-27H2,1H3,(H,48,60)(H,49,56,57)/t28-,37?/m0/s1. The molecule has 2 atom stereocenters. The fraction of sp³-hybridized carbons (Fsp3) is 0.409. The van der Waals surface area contributed by atoms with E-state index in [1.807, 2.05) is 47.4 Å². The van der Waals surface area contributed by atoms with Gasteiger partial charge in [0.25, 0.3) is 11.8 Å². The number of hydrogen-bond acceptors (Lipinski definition) is 12. The molecule has 60 heavy (non-hydrogen) atoms. The number of hydrogen-bond donors (Lipinski definition) is 2. The molecule has 308 valence electrons. The Balaban J connectivity index is 0.719. The number of nitrogens with zero attached hydrogens (tertiary/aromatic N) is 9. The van der Waals surface area contributed by atoms with E-state index in [1.54, 1.807) is 24.5 Å². The second-order valence-electron chi connectivity index (χ2n) is 16.4. The molecule has 4 aromatic rings. The Kier molecular flexibility index (Phi) is 10.5. The van der Waals surface area contributed by atoms with Gasteiger partial charge in [-0.15, -0.1) is 0 Å². The molecule has 0 aliphatic carbocycles. The van der Waals surface area contributed by atoms with Gasteiger partial charge in [-0.25, -0.2) is 9.78 Å². The predicted octanol–water partition coefficient (Wildman–Crippen LogP) is 3.68. The second-order valence-corrected chi connectivity index (χ2v) is 16.4. The summed E-state index contributed by atoms with van der Waals surface area (Å²) in [5.41, 5.74) is 4.40. The molecule has 2 aromatic carbocycles. The summed E-state index contributed by atoms with van der Waals surface area (Å²) in [4.78, 5) is 85.2. The molecule has 5 aliphatic heterocycles. The van der Waals surface area contributed by atoms with Crippen LogP contribution < -0.4 is 25.3 Å². The summed E-state index contributed by atoms with van der Waals surface area (Å²) in [6.45, 7) is 10.1. The summed E-state index contributed by atoms with van der Waals surface area (Å²) >= 11 is 0. The maximum absolute atomic E-state index is 13.3. The average Bonchev–Trinajstić information content (AvgIpc) is 3.51. The minimum absolute atomic E-state index is 0.0643. The molecule has 9 rings (SSSR count). The van der Waals surface area contributed by atoms with Gasteiger partial charge in [0.05, 0.1) is 34.1 Å². The Morgan fingerprint density at radius 1 is 0.867 bits per heavy atom. The van der Waals surface area contributed by atoms with Gasteiger partial charge >= 0.3 is 6.03 Å². The van der Waals surface area contributed by atoms with Crippen molar-refractivity contribution in [2.75, 3.05) is 85.5 Å². The van der Waals surface area contributed by atoms with Crippen LogP contribution in [0, 0.1) is 17.2 Å². The molecule has 0 bridgehead atoms. The lowest BCUT2D eigenvalue weighted by molar-refractivity contribution is -0.136. The number of carbonyl (C=O) groups is 5. The number of amides is 6. The molecule has 4 saturated heterocycles. The van der Waals surface area contributed by atoms with E-state index in [0.29, 0.717) is 53.4 Å². The first kappa shape index (κ1) is 38.9. The van der Waals surface area contributed by atoms with Crippen molar-refractivity contribution in [3.8, 4) is 6.07 Å². The molecule has 0 saturated carbocycles. The zero-order chi connectivity index (χ0) is 41.5. The van der Waals surface area contributed by atoms with Gasteiger partial charge in [-0.3, -0.25) is 39.3 Å². The average molecular weight is 810 g/mol. The molecule has 2 N–H and O–H groups in total. The van der Waals surface area contributed by atoms with Crippen LogP contribution in [0.5, 0.6) is 0 Å². The third-order valence-electron chi connectivity index (χ3n) is 12.7. The molecule has 5 aliphatic rings. The summed E-state index contributed by atoms with van der Waals surface area (Å²) < 4.78 is 0. The van der Waals surface area contributed by atoms with E-state index >= 15 is 0 Å². The van der Waals surface area contributed by atoms with Crippen LogP contribution in [-0.2, 0) is 9.59 Å². The van der Waals surface area contributed by atoms with Crippen LogP contribution in [0.1, 0.15) is 58.9 Å². The highest BCUT2D eigenvalue weighted by atomic mass is 16.2. The van der Waals surface area contributed by atoms with Gasteiger partial charge < -0.3 is 24.9 Å². The summed E-state index contributed by atoms with van der Waals surface area (Å²) in [6, 6.07) is 18.1. The number of anilines is 4. The van der Waals surface area contributed by atoms with Gasteiger partial charge in [-0.05, 0) is 86.7 Å². The van der Waals surface area contributed by atoms with Gasteiger partial charge in [0.1, 0.15) is 17.9 Å². The van der Waals surface area contributed by atoms with Crippen LogP contribution in [0.4, 0.5) is 27.7 Å². The van der Waals surface area contributed by atoms with Crippen LogP contribution in [0.15, 0.2) is 67.0 Å². The predicted molar refractivity (Wildman–Crippen MR) is 225 cm³/mol. The number of benzene rings is 2. The maximum atomic E-state index is 13.3. The van der Waals surface area contributed by atoms with Crippen molar-refractivity contribution in [1.82, 2.24) is 30.0 Å². The van der Waals surface area contributed by atoms with Crippen LogP contribution in [0.25, 0.3) is 10.9 Å². The van der Waals surface area contributed by atoms with Crippen molar-refractivity contribution in [3.63, 3.8) is 0 Å². The third kappa shape index (κ3) is 7.45. The highest BCUT2D eigenvalue weighted by Gasteiger charge is 2.45. The lowest BCUT2D eigenvalue weighted by atomic mass is 9.96. The minimum Gasteiger partial charge on any atom is -0.369 e. The van der Waals surface area contributed by atoms with Gasteiger partial charge in [0.2, 0.25) is 11.8 Å². The van der Waals surface area contributed by atoms with Crippen molar-refractivity contribution in [2.45, 2.75) is 44.7 Å². The lowest BCUT2D eigenvalue weighted by Crippen LogP contribution is -2.54. The molecule has 7 heterocycles. The van der Waals surface area contributed by atoms with Crippen LogP contribution in [0.3, 0.4) is 0 Å². The molecule has 0 radical (unpaired) electrons. The van der Waals surface area contributed by atoms with E-state index in [4.69, 9.17) is 4.98 Å². The van der Waals surface area contributed by atoms with E-state index < -0.39 is 29.7 Å². The number of aromatic nitrogens is 2. The van der Waals surface area contributed by atoms with Crippen LogP contribution in [-0.4, -0.2) is 132 Å². The molecule has 0 spiro atoms. The first-order valence-electron chi connectivity index (χ1n) is 20.8. The summed E-state index contributed by atoms with van der Waals surface area (Å²) in [5.74, 6) is -0.502. The number of rotatable bonds is 7. The van der Waals surface area contributed by atoms with Gasteiger partial charge in [0.15, 0.2) is 0 Å². The molecular weight excluding hydrogens is 763 g/mol. The van der Waals surface area contributed by atoms with E-state index in [-0.39, 0.29) is 24.9 Å². The zero-order valence-electron chi connectivity index (χ0n) is 33.5. The fourth-order valence-electron chi connectivity index (χ4n) is 9.40. The lowest BCUT2D eigenvalue weighted by Gasteiger charge is -2.41. The first-order chi connectivity index (χ1) is 29.1. The Labute approximate surface area is 347 Å². The Bertz CT molecular complexity index is 2400. The number of nitrogens with one attached hydrogen (secondary N) is 2.